The molecule has 3 nitrogen and oxygen atoms in total. The van der Waals surface area contributed by atoms with Crippen LogP contribution < -0.4 is 10.6 Å². The van der Waals surface area contributed by atoms with Crippen LogP contribution in [0.25, 0.3) is 0 Å². The number of amides is 1. The molecule has 1 aromatic rings. The minimum atomic E-state index is -2.42. The fourth-order valence-electron chi connectivity index (χ4n) is 2.05. The van der Waals surface area contributed by atoms with Crippen molar-refractivity contribution >= 4 is 35.8 Å². The lowest BCUT2D eigenvalue weighted by Gasteiger charge is -2.21. The van der Waals surface area contributed by atoms with Crippen LogP contribution in [0.5, 0.6) is 0 Å². The first-order valence-corrected chi connectivity index (χ1v) is 7.09. The normalized spacial score (nSPS) is 15.8. The second kappa shape index (κ2) is 8.44. The fraction of sp³-hybridized carbons (Fsp3) is 0.462. The summed E-state index contributed by atoms with van der Waals surface area (Å²) in [6.45, 7) is 1.73. The quantitative estimate of drug-likeness (QED) is 0.835. The standard InChI is InChI=1S/C13H16F2N2OS.ClH/c14-13(15)19-11-3-1-10(2-4-11)17-12(18)9-5-7-16-8-6-9;/h1-4,9,13,16H,5-8H2,(H,17,18);1H. The average molecular weight is 323 g/mol. The number of alkyl halides is 2. The second-order valence-electron chi connectivity index (χ2n) is 4.42. The lowest BCUT2D eigenvalue weighted by molar-refractivity contribution is -0.120. The zero-order valence-corrected chi connectivity index (χ0v) is 12.4. The summed E-state index contributed by atoms with van der Waals surface area (Å²) < 4.78 is 24.3. The number of rotatable bonds is 4. The molecule has 1 aromatic carbocycles. The Morgan fingerprint density at radius 2 is 1.85 bits per heavy atom. The van der Waals surface area contributed by atoms with E-state index in [4.69, 9.17) is 0 Å². The number of carbonyl (C=O) groups is 1. The first-order chi connectivity index (χ1) is 9.15. The van der Waals surface area contributed by atoms with Crippen molar-refractivity contribution in [2.24, 2.45) is 5.92 Å². The van der Waals surface area contributed by atoms with Crippen LogP contribution in [-0.2, 0) is 4.79 Å². The molecule has 0 unspecified atom stereocenters. The van der Waals surface area contributed by atoms with Gasteiger partial charge >= 0.3 is 0 Å². The summed E-state index contributed by atoms with van der Waals surface area (Å²) in [6, 6.07) is 6.50. The molecule has 0 spiro atoms. The highest BCUT2D eigenvalue weighted by Crippen LogP contribution is 2.26. The number of halogens is 3. The number of carbonyl (C=O) groups excluding carboxylic acids is 1. The number of nitrogens with one attached hydrogen (secondary N) is 2. The molecular formula is C13H17ClF2N2OS. The maximum atomic E-state index is 12.2. The number of thioether (sulfide) groups is 1. The SMILES string of the molecule is Cl.O=C(Nc1ccc(SC(F)F)cc1)C1CCNCC1. The molecular weight excluding hydrogens is 306 g/mol. The summed E-state index contributed by atoms with van der Waals surface area (Å²) in [7, 11) is 0. The highest BCUT2D eigenvalue weighted by atomic mass is 35.5. The minimum Gasteiger partial charge on any atom is -0.326 e. The average Bonchev–Trinajstić information content (AvgIpc) is 2.41. The van der Waals surface area contributed by atoms with Crippen molar-refractivity contribution in [2.45, 2.75) is 23.5 Å². The molecule has 0 saturated carbocycles. The third kappa shape index (κ3) is 5.26. The molecule has 1 saturated heterocycles. The third-order valence-corrected chi connectivity index (χ3v) is 3.78. The lowest BCUT2D eigenvalue weighted by atomic mass is 9.97. The summed E-state index contributed by atoms with van der Waals surface area (Å²) in [5.41, 5.74) is 0.655. The fourth-order valence-corrected chi connectivity index (χ4v) is 2.55. The number of hydrogen-bond acceptors (Lipinski definition) is 3. The Hall–Kier alpha value is -0.850. The molecule has 1 aliphatic rings. The molecule has 0 radical (unpaired) electrons. The van der Waals surface area contributed by atoms with Crippen molar-refractivity contribution in [1.29, 1.82) is 0 Å². The molecule has 1 amide bonds. The van der Waals surface area contributed by atoms with Crippen molar-refractivity contribution in [1.82, 2.24) is 5.32 Å². The zero-order chi connectivity index (χ0) is 13.7. The van der Waals surface area contributed by atoms with E-state index in [1.54, 1.807) is 24.3 Å². The Balaban J connectivity index is 0.00000200. The van der Waals surface area contributed by atoms with Gasteiger partial charge in [-0.05, 0) is 50.2 Å². The molecule has 1 fully saturated rings. The number of benzene rings is 1. The highest BCUT2D eigenvalue weighted by molar-refractivity contribution is 7.99. The van der Waals surface area contributed by atoms with E-state index >= 15 is 0 Å². The van der Waals surface area contributed by atoms with Crippen LogP contribution in [-0.4, -0.2) is 24.8 Å². The maximum Gasteiger partial charge on any atom is 0.288 e. The molecule has 0 aromatic heterocycles. The van der Waals surface area contributed by atoms with Gasteiger partial charge in [-0.2, -0.15) is 8.78 Å². The topological polar surface area (TPSA) is 41.1 Å². The molecule has 1 heterocycles. The third-order valence-electron chi connectivity index (χ3n) is 3.06. The van der Waals surface area contributed by atoms with E-state index in [9.17, 15) is 13.6 Å². The van der Waals surface area contributed by atoms with E-state index < -0.39 is 5.76 Å². The summed E-state index contributed by atoms with van der Waals surface area (Å²) in [5.74, 6) is -2.37. The summed E-state index contributed by atoms with van der Waals surface area (Å²) in [4.78, 5) is 12.5. The number of hydrogen-bond donors (Lipinski definition) is 2. The van der Waals surface area contributed by atoms with E-state index in [0.717, 1.165) is 25.9 Å². The lowest BCUT2D eigenvalue weighted by Crippen LogP contribution is -2.34. The van der Waals surface area contributed by atoms with Crippen molar-refractivity contribution in [3.63, 3.8) is 0 Å². The minimum absolute atomic E-state index is 0. The highest BCUT2D eigenvalue weighted by Gasteiger charge is 2.20. The van der Waals surface area contributed by atoms with E-state index in [2.05, 4.69) is 10.6 Å². The molecule has 2 rings (SSSR count). The summed E-state index contributed by atoms with van der Waals surface area (Å²) in [6.07, 6.45) is 1.68. The van der Waals surface area contributed by atoms with Crippen molar-refractivity contribution in [2.75, 3.05) is 18.4 Å². The molecule has 0 atom stereocenters. The van der Waals surface area contributed by atoms with Crippen molar-refractivity contribution in [3.8, 4) is 0 Å². The second-order valence-corrected chi connectivity index (χ2v) is 5.48. The van der Waals surface area contributed by atoms with E-state index in [-0.39, 0.29) is 24.2 Å². The van der Waals surface area contributed by atoms with Crippen LogP contribution >= 0.6 is 24.2 Å². The first-order valence-electron chi connectivity index (χ1n) is 6.21. The Morgan fingerprint density at radius 1 is 1.25 bits per heavy atom. The van der Waals surface area contributed by atoms with Gasteiger partial charge in [-0.25, -0.2) is 0 Å². The smallest absolute Gasteiger partial charge is 0.288 e. The Bertz CT molecular complexity index is 425. The Labute approximate surface area is 127 Å². The van der Waals surface area contributed by atoms with Crippen LogP contribution in [0.2, 0.25) is 0 Å². The van der Waals surface area contributed by atoms with E-state index in [1.165, 1.54) is 0 Å². The van der Waals surface area contributed by atoms with Gasteiger partial charge in [0.25, 0.3) is 5.76 Å². The van der Waals surface area contributed by atoms with Gasteiger partial charge in [-0.15, -0.1) is 12.4 Å². The van der Waals surface area contributed by atoms with Gasteiger partial charge in [0, 0.05) is 16.5 Å². The van der Waals surface area contributed by atoms with Crippen LogP contribution in [0, 0.1) is 5.92 Å². The van der Waals surface area contributed by atoms with Crippen LogP contribution in [0.1, 0.15) is 12.8 Å². The van der Waals surface area contributed by atoms with Gasteiger partial charge in [0.1, 0.15) is 0 Å². The Morgan fingerprint density at radius 3 is 2.40 bits per heavy atom. The van der Waals surface area contributed by atoms with Gasteiger partial charge in [0.05, 0.1) is 0 Å². The van der Waals surface area contributed by atoms with Gasteiger partial charge in [-0.3, -0.25) is 4.79 Å². The van der Waals surface area contributed by atoms with E-state index in [1.807, 2.05) is 0 Å². The van der Waals surface area contributed by atoms with Gasteiger partial charge in [0.15, 0.2) is 0 Å². The monoisotopic (exact) mass is 322 g/mol. The maximum absolute atomic E-state index is 12.2. The summed E-state index contributed by atoms with van der Waals surface area (Å²) in [5, 5.41) is 6.03. The number of piperidine rings is 1. The predicted octanol–water partition coefficient (Wildman–Crippen LogP) is 3.36. The molecule has 1 aliphatic heterocycles. The van der Waals surface area contributed by atoms with Crippen LogP contribution in [0.4, 0.5) is 14.5 Å². The molecule has 7 heteroatoms. The van der Waals surface area contributed by atoms with Gasteiger partial charge < -0.3 is 10.6 Å². The van der Waals surface area contributed by atoms with Crippen molar-refractivity contribution in [3.05, 3.63) is 24.3 Å². The summed E-state index contributed by atoms with van der Waals surface area (Å²) >= 11 is 0.500. The Kier molecular flexibility index (Phi) is 7.26. The molecule has 20 heavy (non-hydrogen) atoms. The molecule has 112 valence electrons. The van der Waals surface area contributed by atoms with Crippen LogP contribution in [0.3, 0.4) is 0 Å². The first kappa shape index (κ1) is 17.2. The zero-order valence-electron chi connectivity index (χ0n) is 10.8. The predicted molar refractivity (Wildman–Crippen MR) is 79.8 cm³/mol. The van der Waals surface area contributed by atoms with E-state index in [0.29, 0.717) is 22.3 Å². The molecule has 2 N–H and O–H groups in total. The van der Waals surface area contributed by atoms with Crippen LogP contribution in [0.15, 0.2) is 29.2 Å². The largest absolute Gasteiger partial charge is 0.326 e. The van der Waals surface area contributed by atoms with Gasteiger partial charge in [-0.1, -0.05) is 11.8 Å². The van der Waals surface area contributed by atoms with Gasteiger partial charge in [0.2, 0.25) is 5.91 Å². The number of anilines is 1. The van der Waals surface area contributed by atoms with Crippen molar-refractivity contribution < 1.29 is 13.6 Å². The molecule has 0 aliphatic carbocycles. The molecule has 0 bridgehead atoms.